The number of benzene rings is 3. The summed E-state index contributed by atoms with van der Waals surface area (Å²) in [6, 6.07) is 11.7. The van der Waals surface area contributed by atoms with E-state index in [-0.39, 0.29) is 28.3 Å². The molecule has 0 saturated heterocycles. The molecule has 3 nitrogen and oxygen atoms in total. The third-order valence-corrected chi connectivity index (χ3v) is 6.85. The van der Waals surface area contributed by atoms with Crippen LogP contribution in [0.3, 0.4) is 0 Å². The van der Waals surface area contributed by atoms with Crippen LogP contribution in [0.15, 0.2) is 60.7 Å². The van der Waals surface area contributed by atoms with Gasteiger partial charge >= 0.3 is 12.4 Å². The first-order valence-corrected chi connectivity index (χ1v) is 11.2. The van der Waals surface area contributed by atoms with E-state index < -0.39 is 53.5 Å². The molecule has 178 valence electrons. The number of hydrogen-bond donors (Lipinski definition) is 0. The summed E-state index contributed by atoms with van der Waals surface area (Å²) in [5.74, 6) is -1.21. The van der Waals surface area contributed by atoms with Crippen LogP contribution >= 0.6 is 7.80 Å². The molecule has 1 unspecified atom stereocenters. The molecule has 3 rings (SSSR count). The van der Waals surface area contributed by atoms with Crippen LogP contribution in [0.25, 0.3) is 0 Å². The van der Waals surface area contributed by atoms with Crippen molar-refractivity contribution in [2.45, 2.75) is 26.2 Å². The summed E-state index contributed by atoms with van der Waals surface area (Å²) in [7, 11) is -4.38. The summed E-state index contributed by atoms with van der Waals surface area (Å²) in [5, 5.41) is -1.71. The Bertz CT molecular complexity index is 1270. The van der Waals surface area contributed by atoms with E-state index in [1.807, 2.05) is 0 Å². The van der Waals surface area contributed by atoms with E-state index in [2.05, 4.69) is 0 Å². The summed E-state index contributed by atoms with van der Waals surface area (Å²) in [6.45, 7) is 2.86. The Balaban J connectivity index is 2.37. The highest BCUT2D eigenvalue weighted by Crippen LogP contribution is 2.43. The molecular weight excluding hydrogens is 481 g/mol. The molecule has 34 heavy (non-hydrogen) atoms. The second-order valence-electron chi connectivity index (χ2n) is 7.53. The number of ketones is 1. The van der Waals surface area contributed by atoms with Crippen molar-refractivity contribution in [1.82, 2.24) is 0 Å². The Morgan fingerprint density at radius 3 is 1.79 bits per heavy atom. The van der Waals surface area contributed by atoms with Crippen LogP contribution in [-0.4, -0.2) is 11.3 Å². The van der Waals surface area contributed by atoms with Crippen LogP contribution < -0.4 is 5.30 Å². The predicted octanol–water partition coefficient (Wildman–Crippen LogP) is 6.60. The van der Waals surface area contributed by atoms with Gasteiger partial charge in [0.15, 0.2) is 13.6 Å². The molecule has 0 saturated carbocycles. The Kier molecular flexibility index (Phi) is 6.90. The summed E-state index contributed by atoms with van der Waals surface area (Å²) >= 11 is 0. The second-order valence-corrected chi connectivity index (χ2v) is 9.14. The van der Waals surface area contributed by atoms with E-state index >= 15 is 0 Å². The van der Waals surface area contributed by atoms with Gasteiger partial charge in [-0.15, -0.1) is 0 Å². The Morgan fingerprint density at radius 1 is 0.735 bits per heavy atom. The monoisotopic (exact) mass is 498 g/mol. The van der Waals surface area contributed by atoms with Gasteiger partial charge in [0.1, 0.15) is 0 Å². The predicted molar refractivity (Wildman–Crippen MR) is 115 cm³/mol. The van der Waals surface area contributed by atoms with Crippen molar-refractivity contribution in [1.29, 1.82) is 0 Å². The molecule has 10 heteroatoms. The Labute approximate surface area is 191 Å². The van der Waals surface area contributed by atoms with E-state index in [1.54, 1.807) is 6.07 Å². The van der Waals surface area contributed by atoms with Gasteiger partial charge < -0.3 is 4.57 Å². The van der Waals surface area contributed by atoms with Crippen LogP contribution in [0.1, 0.15) is 48.5 Å². The number of aryl methyl sites for hydroxylation is 2. The van der Waals surface area contributed by atoms with Gasteiger partial charge in [0.25, 0.3) is 0 Å². The lowest BCUT2D eigenvalue weighted by Crippen LogP contribution is -2.30. The minimum absolute atomic E-state index is 0.209. The summed E-state index contributed by atoms with van der Waals surface area (Å²) in [6.07, 6.45) is -10.9. The number of hydrogen-bond acceptors (Lipinski definition) is 3. The number of carbonyl (C=O) groups excluding carboxylic acids is 2. The van der Waals surface area contributed by atoms with E-state index in [1.165, 1.54) is 56.3 Å². The lowest BCUT2D eigenvalue weighted by atomic mass is 9.95. The van der Waals surface area contributed by atoms with Crippen LogP contribution in [0, 0.1) is 13.8 Å². The van der Waals surface area contributed by atoms with Gasteiger partial charge in [-0.25, -0.2) is 0 Å². The summed E-state index contributed by atoms with van der Waals surface area (Å²) in [5.41, 5.74) is -6.27. The smallest absolute Gasteiger partial charge is 0.313 e. The average Bonchev–Trinajstić information content (AvgIpc) is 2.76. The van der Waals surface area contributed by atoms with Crippen molar-refractivity contribution in [3.63, 3.8) is 0 Å². The van der Waals surface area contributed by atoms with Crippen molar-refractivity contribution in [3.05, 3.63) is 99.6 Å². The van der Waals surface area contributed by atoms with Crippen molar-refractivity contribution in [2.75, 3.05) is 0 Å². The van der Waals surface area contributed by atoms with Gasteiger partial charge in [0, 0.05) is 22.0 Å². The molecule has 0 radical (unpaired) electrons. The highest BCUT2D eigenvalue weighted by molar-refractivity contribution is 7.71. The van der Waals surface area contributed by atoms with E-state index in [9.17, 15) is 40.5 Å². The van der Waals surface area contributed by atoms with Gasteiger partial charge in [-0.2, -0.15) is 26.3 Å². The minimum Gasteiger partial charge on any atom is -0.313 e. The second kappa shape index (κ2) is 9.22. The van der Waals surface area contributed by atoms with Gasteiger partial charge in [-0.3, -0.25) is 9.59 Å². The first-order valence-electron chi connectivity index (χ1n) is 9.81. The first-order chi connectivity index (χ1) is 15.7. The van der Waals surface area contributed by atoms with E-state index in [0.717, 1.165) is 0 Å². The topological polar surface area (TPSA) is 51.2 Å². The van der Waals surface area contributed by atoms with Crippen LogP contribution in [0.4, 0.5) is 26.3 Å². The average molecular weight is 498 g/mol. The SMILES string of the molecule is Cc1cccc(C)c1C(=O)[PH](=O)c1c(C(F)(F)F)ccc(C(=O)c2ccccc2)c1C(F)(F)F. The molecule has 0 aliphatic rings. The fourth-order valence-corrected chi connectivity index (χ4v) is 5.52. The Morgan fingerprint density at radius 2 is 1.29 bits per heavy atom. The van der Waals surface area contributed by atoms with Crippen LogP contribution in [-0.2, 0) is 16.9 Å². The lowest BCUT2D eigenvalue weighted by molar-refractivity contribution is -0.141. The van der Waals surface area contributed by atoms with Crippen molar-refractivity contribution >= 4 is 24.4 Å². The Hall–Kier alpha value is -3.19. The zero-order valence-corrected chi connectivity index (χ0v) is 18.8. The first kappa shape index (κ1) is 25.4. The van der Waals surface area contributed by atoms with Crippen molar-refractivity contribution in [2.24, 2.45) is 0 Å². The third kappa shape index (κ3) is 4.85. The van der Waals surface area contributed by atoms with E-state index in [0.29, 0.717) is 6.07 Å². The standard InChI is InChI=1S/C24H17F6O3P/c1-13-7-6-8-14(2)18(13)22(32)34(33)21-17(23(25,26)27)12-11-16(19(21)24(28,29)30)20(31)15-9-4-3-5-10-15/h3-12,34H,1-2H3. The molecular formula is C24H17F6O3P. The molecule has 0 fully saturated rings. The number of alkyl halides is 6. The molecule has 0 N–H and O–H groups in total. The van der Waals surface area contributed by atoms with Crippen molar-refractivity contribution in [3.8, 4) is 0 Å². The van der Waals surface area contributed by atoms with Gasteiger partial charge in [0.2, 0.25) is 5.52 Å². The fourth-order valence-electron chi connectivity index (χ4n) is 3.70. The zero-order chi connectivity index (χ0) is 25.4. The largest absolute Gasteiger partial charge is 0.417 e. The maximum absolute atomic E-state index is 14.2. The zero-order valence-electron chi connectivity index (χ0n) is 17.8. The lowest BCUT2D eigenvalue weighted by Gasteiger charge is -2.21. The minimum atomic E-state index is -5.50. The normalized spacial score (nSPS) is 12.9. The molecule has 0 bridgehead atoms. The highest BCUT2D eigenvalue weighted by atomic mass is 31.1. The number of carbonyl (C=O) groups is 2. The van der Waals surface area contributed by atoms with Crippen LogP contribution in [0.5, 0.6) is 0 Å². The summed E-state index contributed by atoms with van der Waals surface area (Å²) < 4.78 is 97.1. The van der Waals surface area contributed by atoms with Crippen molar-refractivity contribution < 1.29 is 40.5 Å². The molecule has 0 spiro atoms. The number of halogens is 6. The number of rotatable bonds is 5. The molecule has 3 aromatic rings. The maximum atomic E-state index is 14.2. The van der Waals surface area contributed by atoms with Gasteiger partial charge in [0.05, 0.1) is 11.1 Å². The maximum Gasteiger partial charge on any atom is 0.417 e. The summed E-state index contributed by atoms with van der Waals surface area (Å²) in [4.78, 5) is 25.9. The highest BCUT2D eigenvalue weighted by Gasteiger charge is 2.46. The molecule has 0 heterocycles. The molecule has 0 aliphatic heterocycles. The van der Waals surface area contributed by atoms with Gasteiger partial charge in [-0.1, -0.05) is 48.5 Å². The fraction of sp³-hybridized carbons (Fsp3) is 0.167. The third-order valence-electron chi connectivity index (χ3n) is 5.22. The molecule has 0 aliphatic carbocycles. The molecule has 3 aromatic carbocycles. The quantitative estimate of drug-likeness (QED) is 0.226. The van der Waals surface area contributed by atoms with Crippen LogP contribution in [0.2, 0.25) is 0 Å². The van der Waals surface area contributed by atoms with Gasteiger partial charge in [-0.05, 0) is 37.1 Å². The molecule has 1 atom stereocenters. The van der Waals surface area contributed by atoms with E-state index in [4.69, 9.17) is 0 Å². The molecule has 0 amide bonds. The molecule has 0 aromatic heterocycles.